The molecule has 0 bridgehead atoms. The standard InChI is InChI=1S/C22H20FN3O/c1-25-12-3-2-4-20-19(15-25)22(27)26-13-11-17(14-21(26)24-20)6-5-16-7-9-18(23)10-8-16/h7-11,13-14H,2-4,12,15H2,1H3. The maximum atomic E-state index is 13.0. The molecular formula is C22H20FN3O. The third kappa shape index (κ3) is 3.76. The van der Waals surface area contributed by atoms with Crippen LogP contribution in [0.4, 0.5) is 4.39 Å². The van der Waals surface area contributed by atoms with Crippen LogP contribution in [-0.4, -0.2) is 27.9 Å². The minimum absolute atomic E-state index is 0.00166. The number of hydrogen-bond donors (Lipinski definition) is 0. The van der Waals surface area contributed by atoms with Crippen molar-refractivity contribution in [3.8, 4) is 11.8 Å². The van der Waals surface area contributed by atoms with Gasteiger partial charge >= 0.3 is 0 Å². The lowest BCUT2D eigenvalue weighted by atomic mass is 10.1. The zero-order chi connectivity index (χ0) is 18.8. The van der Waals surface area contributed by atoms with Gasteiger partial charge < -0.3 is 4.90 Å². The highest BCUT2D eigenvalue weighted by Gasteiger charge is 2.16. The Bertz CT molecular complexity index is 1110. The number of benzene rings is 1. The van der Waals surface area contributed by atoms with Gasteiger partial charge in [-0.25, -0.2) is 9.37 Å². The smallest absolute Gasteiger partial charge is 0.262 e. The fraction of sp³-hybridized carbons (Fsp3) is 0.273. The van der Waals surface area contributed by atoms with Crippen LogP contribution in [0, 0.1) is 17.7 Å². The highest BCUT2D eigenvalue weighted by Crippen LogP contribution is 2.15. The van der Waals surface area contributed by atoms with E-state index < -0.39 is 0 Å². The number of hydrogen-bond acceptors (Lipinski definition) is 3. The summed E-state index contributed by atoms with van der Waals surface area (Å²) in [7, 11) is 2.04. The van der Waals surface area contributed by atoms with Crippen LogP contribution in [0.5, 0.6) is 0 Å². The van der Waals surface area contributed by atoms with Crippen LogP contribution in [-0.2, 0) is 13.0 Å². The van der Waals surface area contributed by atoms with Gasteiger partial charge in [-0.2, -0.15) is 0 Å². The molecule has 0 atom stereocenters. The molecule has 0 spiro atoms. The molecule has 2 aromatic heterocycles. The second-order valence-electron chi connectivity index (χ2n) is 6.94. The van der Waals surface area contributed by atoms with Crippen LogP contribution in [0.2, 0.25) is 0 Å². The second kappa shape index (κ2) is 7.34. The Balaban J connectivity index is 1.74. The average molecular weight is 361 g/mol. The Morgan fingerprint density at radius 2 is 1.85 bits per heavy atom. The van der Waals surface area contributed by atoms with E-state index in [1.807, 2.05) is 19.2 Å². The SMILES string of the molecule is CN1CCCCc2nc3cc(C#Cc4ccc(F)cc4)ccn3c(=O)c2C1. The molecule has 1 aliphatic heterocycles. The van der Waals surface area contributed by atoms with Crippen molar-refractivity contribution in [1.29, 1.82) is 0 Å². The van der Waals surface area contributed by atoms with Crippen LogP contribution in [0.1, 0.15) is 35.2 Å². The summed E-state index contributed by atoms with van der Waals surface area (Å²) < 4.78 is 14.6. The summed E-state index contributed by atoms with van der Waals surface area (Å²) in [6.45, 7) is 1.63. The van der Waals surface area contributed by atoms with E-state index in [1.165, 1.54) is 12.1 Å². The number of fused-ring (bicyclic) bond motifs is 2. The third-order valence-corrected chi connectivity index (χ3v) is 4.84. The molecule has 4 nitrogen and oxygen atoms in total. The predicted molar refractivity (Wildman–Crippen MR) is 103 cm³/mol. The summed E-state index contributed by atoms with van der Waals surface area (Å²) in [6.07, 6.45) is 4.71. The Kier molecular flexibility index (Phi) is 4.74. The van der Waals surface area contributed by atoms with Gasteiger partial charge in [-0.15, -0.1) is 0 Å². The second-order valence-corrected chi connectivity index (χ2v) is 6.94. The van der Waals surface area contributed by atoms with Gasteiger partial charge in [-0.05, 0) is 69.3 Å². The molecule has 3 heterocycles. The summed E-state index contributed by atoms with van der Waals surface area (Å²) in [5, 5.41) is 0. The Morgan fingerprint density at radius 3 is 2.67 bits per heavy atom. The molecule has 0 unspecified atom stereocenters. The highest BCUT2D eigenvalue weighted by atomic mass is 19.1. The quantitative estimate of drug-likeness (QED) is 0.578. The van der Waals surface area contributed by atoms with E-state index in [0.29, 0.717) is 12.2 Å². The minimum Gasteiger partial charge on any atom is -0.302 e. The van der Waals surface area contributed by atoms with Crippen LogP contribution >= 0.6 is 0 Å². The van der Waals surface area contributed by atoms with E-state index in [-0.39, 0.29) is 11.4 Å². The number of rotatable bonds is 0. The van der Waals surface area contributed by atoms with E-state index in [4.69, 9.17) is 4.98 Å². The van der Waals surface area contributed by atoms with Gasteiger partial charge in [-0.3, -0.25) is 9.20 Å². The normalized spacial score (nSPS) is 14.7. The first kappa shape index (κ1) is 17.4. The number of pyridine rings is 1. The summed E-state index contributed by atoms with van der Waals surface area (Å²) in [4.78, 5) is 19.9. The monoisotopic (exact) mass is 361 g/mol. The summed E-state index contributed by atoms with van der Waals surface area (Å²) in [6, 6.07) is 9.71. The van der Waals surface area contributed by atoms with E-state index in [2.05, 4.69) is 16.7 Å². The number of aromatic nitrogens is 2. The predicted octanol–water partition coefficient (Wildman–Crippen LogP) is 3.00. The van der Waals surface area contributed by atoms with Gasteiger partial charge in [0, 0.05) is 23.9 Å². The van der Waals surface area contributed by atoms with E-state index in [0.717, 1.165) is 48.2 Å². The molecule has 1 aromatic carbocycles. The zero-order valence-electron chi connectivity index (χ0n) is 15.2. The van der Waals surface area contributed by atoms with Crippen molar-refractivity contribution in [2.24, 2.45) is 0 Å². The molecule has 4 rings (SSSR count). The van der Waals surface area contributed by atoms with Crippen molar-refractivity contribution >= 4 is 5.65 Å². The fourth-order valence-corrected chi connectivity index (χ4v) is 3.36. The number of nitrogens with zero attached hydrogens (tertiary/aromatic N) is 3. The van der Waals surface area contributed by atoms with Gasteiger partial charge in [0.05, 0.1) is 11.3 Å². The van der Waals surface area contributed by atoms with Crippen molar-refractivity contribution in [2.45, 2.75) is 25.8 Å². The van der Waals surface area contributed by atoms with Crippen LogP contribution in [0.25, 0.3) is 5.65 Å². The van der Waals surface area contributed by atoms with Gasteiger partial charge in [0.2, 0.25) is 0 Å². The zero-order valence-corrected chi connectivity index (χ0v) is 15.2. The first-order chi connectivity index (χ1) is 13.1. The topological polar surface area (TPSA) is 37.6 Å². The van der Waals surface area contributed by atoms with E-state index >= 15 is 0 Å². The van der Waals surface area contributed by atoms with E-state index in [1.54, 1.807) is 22.7 Å². The summed E-state index contributed by atoms with van der Waals surface area (Å²) in [5.74, 6) is 5.80. The van der Waals surface area contributed by atoms with Crippen molar-refractivity contribution in [3.63, 3.8) is 0 Å². The van der Waals surface area contributed by atoms with Crippen molar-refractivity contribution in [1.82, 2.24) is 14.3 Å². The molecule has 1 aliphatic rings. The lowest BCUT2D eigenvalue weighted by molar-refractivity contribution is 0.308. The maximum Gasteiger partial charge on any atom is 0.262 e. The van der Waals surface area contributed by atoms with Gasteiger partial charge in [-0.1, -0.05) is 11.8 Å². The highest BCUT2D eigenvalue weighted by molar-refractivity contribution is 5.50. The molecule has 0 aliphatic carbocycles. The molecule has 5 heteroatoms. The van der Waals surface area contributed by atoms with Gasteiger partial charge in [0.1, 0.15) is 11.5 Å². The lowest BCUT2D eigenvalue weighted by Crippen LogP contribution is -2.30. The Labute approximate surface area is 157 Å². The van der Waals surface area contributed by atoms with Crippen LogP contribution in [0.3, 0.4) is 0 Å². The molecule has 136 valence electrons. The van der Waals surface area contributed by atoms with Crippen molar-refractivity contribution < 1.29 is 4.39 Å². The summed E-state index contributed by atoms with van der Waals surface area (Å²) in [5.41, 5.74) is 3.82. The maximum absolute atomic E-state index is 13.0. The lowest BCUT2D eigenvalue weighted by Gasteiger charge is -2.21. The average Bonchev–Trinajstić information content (AvgIpc) is 2.65. The molecular weight excluding hydrogens is 341 g/mol. The van der Waals surface area contributed by atoms with Crippen molar-refractivity contribution in [3.05, 3.63) is 81.2 Å². The first-order valence-corrected chi connectivity index (χ1v) is 9.10. The van der Waals surface area contributed by atoms with Crippen LogP contribution in [0.15, 0.2) is 47.4 Å². The Morgan fingerprint density at radius 1 is 1.07 bits per heavy atom. The molecule has 27 heavy (non-hydrogen) atoms. The van der Waals surface area contributed by atoms with Gasteiger partial charge in [0.15, 0.2) is 0 Å². The number of halogens is 1. The molecule has 0 fully saturated rings. The Hall–Kier alpha value is -2.97. The molecule has 0 N–H and O–H groups in total. The fourth-order valence-electron chi connectivity index (χ4n) is 3.36. The molecule has 0 saturated heterocycles. The third-order valence-electron chi connectivity index (χ3n) is 4.84. The molecule has 0 amide bonds. The van der Waals surface area contributed by atoms with Crippen LogP contribution < -0.4 is 5.56 Å². The first-order valence-electron chi connectivity index (χ1n) is 9.10. The van der Waals surface area contributed by atoms with E-state index in [9.17, 15) is 9.18 Å². The summed E-state index contributed by atoms with van der Waals surface area (Å²) >= 11 is 0. The molecule has 3 aromatic rings. The van der Waals surface area contributed by atoms with Gasteiger partial charge in [0.25, 0.3) is 5.56 Å². The largest absolute Gasteiger partial charge is 0.302 e. The molecule has 0 radical (unpaired) electrons. The molecule has 0 saturated carbocycles. The minimum atomic E-state index is -0.281. The number of aryl methyl sites for hydroxylation is 1. The van der Waals surface area contributed by atoms with Crippen molar-refractivity contribution in [2.75, 3.05) is 13.6 Å².